The average molecular weight is 246 g/mol. The summed E-state index contributed by atoms with van der Waals surface area (Å²) >= 11 is 0. The van der Waals surface area contributed by atoms with E-state index in [4.69, 9.17) is 11.0 Å². The number of primary amides is 1. The van der Waals surface area contributed by atoms with Crippen LogP contribution in [0.1, 0.15) is 43.5 Å². The van der Waals surface area contributed by atoms with Crippen LogP contribution in [0.3, 0.4) is 0 Å². The number of H-pyrrole nitrogens is 1. The predicted octanol–water partition coefficient (Wildman–Crippen LogP) is 0.859. The Morgan fingerprint density at radius 2 is 2.22 bits per heavy atom. The minimum Gasteiger partial charge on any atom is -0.369 e. The summed E-state index contributed by atoms with van der Waals surface area (Å²) in [4.78, 5) is 11.7. The lowest BCUT2D eigenvalue weighted by atomic mass is 9.70. The van der Waals surface area contributed by atoms with Crippen LogP contribution < -0.4 is 5.73 Å². The molecule has 0 aliphatic heterocycles. The first kappa shape index (κ1) is 12.6. The molecule has 1 fully saturated rings. The lowest BCUT2D eigenvalue weighted by Gasteiger charge is -2.33. The molecule has 0 atom stereocenters. The van der Waals surface area contributed by atoms with E-state index in [1.165, 1.54) is 0 Å². The molecule has 95 valence electrons. The SMILES string of the molecule is N#CCc1[nH]nnc1[CH]C1(C(N)=O)CCCCC1. The van der Waals surface area contributed by atoms with Crippen LogP contribution in [0.4, 0.5) is 0 Å². The van der Waals surface area contributed by atoms with E-state index in [1.807, 2.05) is 6.07 Å². The van der Waals surface area contributed by atoms with Gasteiger partial charge in [0.2, 0.25) is 5.91 Å². The van der Waals surface area contributed by atoms with Gasteiger partial charge >= 0.3 is 0 Å². The third kappa shape index (κ3) is 2.35. The van der Waals surface area contributed by atoms with Crippen molar-refractivity contribution in [3.05, 3.63) is 17.8 Å². The summed E-state index contributed by atoms with van der Waals surface area (Å²) in [7, 11) is 0. The Balaban J connectivity index is 2.21. The molecule has 0 bridgehead atoms. The van der Waals surface area contributed by atoms with Crippen LogP contribution in [0.15, 0.2) is 0 Å². The van der Waals surface area contributed by atoms with Gasteiger partial charge in [0.25, 0.3) is 0 Å². The maximum absolute atomic E-state index is 11.7. The van der Waals surface area contributed by atoms with E-state index in [0.717, 1.165) is 32.1 Å². The summed E-state index contributed by atoms with van der Waals surface area (Å²) < 4.78 is 0. The largest absolute Gasteiger partial charge is 0.369 e. The maximum atomic E-state index is 11.7. The van der Waals surface area contributed by atoms with Crippen LogP contribution >= 0.6 is 0 Å². The van der Waals surface area contributed by atoms with Gasteiger partial charge in [0.05, 0.1) is 29.3 Å². The van der Waals surface area contributed by atoms with Crippen molar-refractivity contribution in [1.82, 2.24) is 15.4 Å². The van der Waals surface area contributed by atoms with Crippen molar-refractivity contribution >= 4 is 5.91 Å². The third-order valence-corrected chi connectivity index (χ3v) is 3.56. The number of hydrogen-bond donors (Lipinski definition) is 2. The molecule has 6 nitrogen and oxygen atoms in total. The van der Waals surface area contributed by atoms with Crippen LogP contribution in [-0.4, -0.2) is 21.3 Å². The molecular weight excluding hydrogens is 230 g/mol. The molecular formula is C12H16N5O. The highest BCUT2D eigenvalue weighted by Gasteiger charge is 2.39. The summed E-state index contributed by atoms with van der Waals surface area (Å²) in [6.45, 7) is 0. The highest BCUT2D eigenvalue weighted by atomic mass is 16.1. The van der Waals surface area contributed by atoms with Crippen LogP contribution in [0.2, 0.25) is 0 Å². The molecule has 1 radical (unpaired) electrons. The van der Waals surface area contributed by atoms with Gasteiger partial charge in [-0.15, -0.1) is 5.10 Å². The van der Waals surface area contributed by atoms with E-state index in [1.54, 1.807) is 6.42 Å². The highest BCUT2D eigenvalue weighted by Crippen LogP contribution is 2.40. The Hall–Kier alpha value is -1.90. The summed E-state index contributed by atoms with van der Waals surface area (Å²) in [5.74, 6) is -0.312. The smallest absolute Gasteiger partial charge is 0.224 e. The number of hydrogen-bond acceptors (Lipinski definition) is 4. The molecule has 1 aromatic rings. The van der Waals surface area contributed by atoms with E-state index in [9.17, 15) is 4.79 Å². The van der Waals surface area contributed by atoms with Crippen molar-refractivity contribution in [2.75, 3.05) is 0 Å². The molecule has 1 heterocycles. The Morgan fingerprint density at radius 3 is 2.83 bits per heavy atom. The lowest BCUT2D eigenvalue weighted by Crippen LogP contribution is -2.39. The van der Waals surface area contributed by atoms with Crippen LogP contribution in [0.25, 0.3) is 0 Å². The van der Waals surface area contributed by atoms with Gasteiger partial charge in [0.15, 0.2) is 0 Å². The molecule has 0 spiro atoms. The quantitative estimate of drug-likeness (QED) is 0.821. The van der Waals surface area contributed by atoms with Crippen molar-refractivity contribution in [3.63, 3.8) is 0 Å². The summed E-state index contributed by atoms with van der Waals surface area (Å²) in [6, 6.07) is 2.04. The number of aromatic amines is 1. The topological polar surface area (TPSA) is 108 Å². The van der Waals surface area contributed by atoms with Gasteiger partial charge in [-0.1, -0.05) is 24.5 Å². The highest BCUT2D eigenvalue weighted by molar-refractivity contribution is 5.83. The zero-order valence-electron chi connectivity index (χ0n) is 10.1. The predicted molar refractivity (Wildman–Crippen MR) is 63.8 cm³/mol. The Labute approximate surface area is 106 Å². The molecule has 2 rings (SSSR count). The Bertz CT molecular complexity index is 467. The fraction of sp³-hybridized carbons (Fsp3) is 0.583. The fourth-order valence-corrected chi connectivity index (χ4v) is 2.49. The number of nitrogens with one attached hydrogen (secondary N) is 1. The summed E-state index contributed by atoms with van der Waals surface area (Å²) in [6.07, 6.45) is 6.61. The number of nitriles is 1. The molecule has 1 saturated carbocycles. The van der Waals surface area contributed by atoms with Crippen molar-refractivity contribution in [2.24, 2.45) is 11.1 Å². The molecule has 0 aromatic carbocycles. The van der Waals surface area contributed by atoms with E-state index < -0.39 is 5.41 Å². The van der Waals surface area contributed by atoms with Gasteiger partial charge < -0.3 is 5.73 Å². The number of carbonyl (C=O) groups is 1. The first-order valence-electron chi connectivity index (χ1n) is 6.11. The number of nitrogens with two attached hydrogens (primary N) is 1. The number of nitrogens with zero attached hydrogens (tertiary/aromatic N) is 3. The monoisotopic (exact) mass is 246 g/mol. The van der Waals surface area contributed by atoms with E-state index >= 15 is 0 Å². The molecule has 0 saturated heterocycles. The second-order valence-corrected chi connectivity index (χ2v) is 4.74. The zero-order chi connectivity index (χ0) is 13.0. The van der Waals surface area contributed by atoms with Gasteiger partial charge in [-0.2, -0.15) is 5.26 Å². The van der Waals surface area contributed by atoms with Crippen LogP contribution in [0, 0.1) is 23.2 Å². The Morgan fingerprint density at radius 1 is 1.50 bits per heavy atom. The van der Waals surface area contributed by atoms with Crippen LogP contribution in [0.5, 0.6) is 0 Å². The maximum Gasteiger partial charge on any atom is 0.224 e. The zero-order valence-corrected chi connectivity index (χ0v) is 10.1. The summed E-state index contributed by atoms with van der Waals surface area (Å²) in [5, 5.41) is 19.0. The van der Waals surface area contributed by atoms with Crippen LogP contribution in [-0.2, 0) is 11.2 Å². The number of carbonyl (C=O) groups excluding carboxylic acids is 1. The van der Waals surface area contributed by atoms with Crippen molar-refractivity contribution in [3.8, 4) is 6.07 Å². The molecule has 1 aliphatic rings. The van der Waals surface area contributed by atoms with Gasteiger partial charge in [0, 0.05) is 6.42 Å². The molecule has 6 heteroatoms. The molecule has 18 heavy (non-hydrogen) atoms. The van der Waals surface area contributed by atoms with Crippen molar-refractivity contribution in [2.45, 2.75) is 38.5 Å². The Kier molecular flexibility index (Phi) is 3.60. The lowest BCUT2D eigenvalue weighted by molar-refractivity contribution is -0.127. The first-order valence-corrected chi connectivity index (χ1v) is 6.11. The fourth-order valence-electron chi connectivity index (χ4n) is 2.49. The first-order chi connectivity index (χ1) is 8.68. The summed E-state index contributed by atoms with van der Waals surface area (Å²) in [5.41, 5.74) is 6.15. The molecule has 0 unspecified atom stereocenters. The van der Waals surface area contributed by atoms with E-state index in [0.29, 0.717) is 11.4 Å². The second-order valence-electron chi connectivity index (χ2n) is 4.74. The van der Waals surface area contributed by atoms with Gasteiger partial charge in [-0.25, -0.2) is 0 Å². The average Bonchev–Trinajstić information content (AvgIpc) is 2.78. The molecule has 1 aromatic heterocycles. The van der Waals surface area contributed by atoms with Gasteiger partial charge in [-0.05, 0) is 12.8 Å². The van der Waals surface area contributed by atoms with E-state index in [2.05, 4.69) is 15.4 Å². The number of amides is 1. The van der Waals surface area contributed by atoms with Gasteiger partial charge in [0.1, 0.15) is 0 Å². The van der Waals surface area contributed by atoms with E-state index in [-0.39, 0.29) is 12.3 Å². The standard InChI is InChI=1S/C12H16N5O/c13-7-4-9-10(16-17-15-9)8-12(11(14)18)5-2-1-3-6-12/h8H,1-6H2,(H2,14,18)(H,15,16,17). The minimum absolute atomic E-state index is 0.202. The number of rotatable bonds is 4. The third-order valence-electron chi connectivity index (χ3n) is 3.56. The number of aromatic nitrogens is 3. The van der Waals surface area contributed by atoms with Gasteiger partial charge in [-0.3, -0.25) is 9.89 Å². The second kappa shape index (κ2) is 5.17. The molecule has 1 aliphatic carbocycles. The minimum atomic E-state index is -0.626. The molecule has 3 N–H and O–H groups in total. The van der Waals surface area contributed by atoms with Crippen molar-refractivity contribution in [1.29, 1.82) is 5.26 Å². The normalized spacial score (nSPS) is 18.2. The molecule has 1 amide bonds. The van der Waals surface area contributed by atoms with Crippen molar-refractivity contribution < 1.29 is 4.79 Å².